The molecule has 1 saturated heterocycles. The molecule has 1 aliphatic heterocycles. The first-order valence-electron chi connectivity index (χ1n) is 7.55. The van der Waals surface area contributed by atoms with Gasteiger partial charge < -0.3 is 10.1 Å². The molecule has 0 saturated carbocycles. The van der Waals surface area contributed by atoms with Gasteiger partial charge >= 0.3 is 0 Å². The molecule has 1 aromatic rings. The molecule has 2 rings (SSSR count). The highest BCUT2D eigenvalue weighted by atomic mass is 35.5. The summed E-state index contributed by atoms with van der Waals surface area (Å²) in [4.78, 5) is 2.39. The molecule has 0 amide bonds. The third kappa shape index (κ3) is 5.27. The molecule has 6 heteroatoms. The minimum Gasteiger partial charge on any atom is -0.494 e. The predicted octanol–water partition coefficient (Wildman–Crippen LogP) is 3.81. The maximum atomic E-state index is 14.5. The number of ether oxygens (including phenoxy) is 1. The normalized spacial score (nSPS) is 16.3. The van der Waals surface area contributed by atoms with Gasteiger partial charge in [0.15, 0.2) is 11.6 Å². The summed E-state index contributed by atoms with van der Waals surface area (Å²) in [7, 11) is 1.52. The van der Waals surface area contributed by atoms with Crippen LogP contribution >= 0.6 is 24.8 Å². The van der Waals surface area contributed by atoms with Gasteiger partial charge in [-0.1, -0.05) is 31.9 Å². The SMILES string of the molecule is CCCC[C@@H](c1cccc(OC)c1F)N1CCNCC1.Cl.Cl. The van der Waals surface area contributed by atoms with E-state index < -0.39 is 0 Å². The summed E-state index contributed by atoms with van der Waals surface area (Å²) in [6, 6.07) is 5.64. The Kier molecular flexibility index (Phi) is 10.8. The molecule has 1 fully saturated rings. The highest BCUT2D eigenvalue weighted by molar-refractivity contribution is 5.85. The van der Waals surface area contributed by atoms with E-state index in [0.717, 1.165) is 51.0 Å². The van der Waals surface area contributed by atoms with Gasteiger partial charge in [0.05, 0.1) is 7.11 Å². The van der Waals surface area contributed by atoms with Gasteiger partial charge in [0.2, 0.25) is 0 Å². The fraction of sp³-hybridized carbons (Fsp3) is 0.625. The van der Waals surface area contributed by atoms with E-state index in [1.165, 1.54) is 7.11 Å². The number of rotatable bonds is 6. The van der Waals surface area contributed by atoms with E-state index in [-0.39, 0.29) is 36.7 Å². The number of nitrogens with zero attached hydrogens (tertiary/aromatic N) is 1. The largest absolute Gasteiger partial charge is 0.494 e. The lowest BCUT2D eigenvalue weighted by molar-refractivity contribution is 0.159. The van der Waals surface area contributed by atoms with E-state index in [9.17, 15) is 4.39 Å². The van der Waals surface area contributed by atoms with Crippen molar-refractivity contribution in [1.82, 2.24) is 10.2 Å². The molecular formula is C16H27Cl2FN2O. The molecule has 1 aliphatic rings. The zero-order chi connectivity index (χ0) is 14.4. The summed E-state index contributed by atoms with van der Waals surface area (Å²) in [6.07, 6.45) is 3.25. The van der Waals surface area contributed by atoms with Crippen molar-refractivity contribution >= 4 is 24.8 Å². The molecule has 1 aromatic carbocycles. The Hall–Kier alpha value is -0.550. The van der Waals surface area contributed by atoms with Crippen molar-refractivity contribution in [3.05, 3.63) is 29.6 Å². The lowest BCUT2D eigenvalue weighted by Crippen LogP contribution is -2.45. The summed E-state index contributed by atoms with van der Waals surface area (Å²) in [5, 5.41) is 3.35. The van der Waals surface area contributed by atoms with Crippen LogP contribution in [0.25, 0.3) is 0 Å². The Balaban J connectivity index is 0.00000220. The lowest BCUT2D eigenvalue weighted by Gasteiger charge is -2.35. The molecule has 0 aliphatic carbocycles. The van der Waals surface area contributed by atoms with E-state index in [0.29, 0.717) is 5.75 Å². The predicted molar refractivity (Wildman–Crippen MR) is 94.2 cm³/mol. The number of hydrogen-bond donors (Lipinski definition) is 1. The van der Waals surface area contributed by atoms with Crippen LogP contribution in [0.3, 0.4) is 0 Å². The van der Waals surface area contributed by atoms with Gasteiger partial charge in [-0.3, -0.25) is 4.90 Å². The van der Waals surface area contributed by atoms with Gasteiger partial charge in [-0.2, -0.15) is 0 Å². The summed E-state index contributed by atoms with van der Waals surface area (Å²) in [5.41, 5.74) is 0.778. The minimum absolute atomic E-state index is 0. The van der Waals surface area contributed by atoms with Crippen molar-refractivity contribution in [2.75, 3.05) is 33.3 Å². The van der Waals surface area contributed by atoms with Crippen LogP contribution in [0, 0.1) is 5.82 Å². The number of nitrogens with one attached hydrogen (secondary N) is 1. The second kappa shape index (κ2) is 11.1. The van der Waals surface area contributed by atoms with Crippen LogP contribution in [0.2, 0.25) is 0 Å². The molecular weight excluding hydrogens is 326 g/mol. The average molecular weight is 353 g/mol. The third-order valence-electron chi connectivity index (χ3n) is 4.00. The maximum absolute atomic E-state index is 14.5. The van der Waals surface area contributed by atoms with E-state index in [1.807, 2.05) is 12.1 Å². The van der Waals surface area contributed by atoms with E-state index in [1.54, 1.807) is 6.07 Å². The molecule has 3 nitrogen and oxygen atoms in total. The number of unbranched alkanes of at least 4 members (excludes halogenated alkanes) is 1. The Bertz CT molecular complexity index is 429. The zero-order valence-electron chi connectivity index (χ0n) is 13.3. The lowest BCUT2D eigenvalue weighted by atomic mass is 9.98. The van der Waals surface area contributed by atoms with E-state index in [2.05, 4.69) is 17.1 Å². The summed E-state index contributed by atoms with van der Waals surface area (Å²) >= 11 is 0. The van der Waals surface area contributed by atoms with Crippen LogP contribution in [0.1, 0.15) is 37.8 Å². The Morgan fingerprint density at radius 2 is 1.95 bits per heavy atom. The van der Waals surface area contributed by atoms with Crippen molar-refractivity contribution < 1.29 is 9.13 Å². The highest BCUT2D eigenvalue weighted by Crippen LogP contribution is 2.32. The standard InChI is InChI=1S/C16H25FN2O.2ClH/c1-3-4-7-14(19-11-9-18-10-12-19)13-6-5-8-15(20-2)16(13)17;;/h5-6,8,14,18H,3-4,7,9-12H2,1-2H3;2*1H/t14-;;/m0../s1. The van der Waals surface area contributed by atoms with Crippen LogP contribution in [0.4, 0.5) is 4.39 Å². The second-order valence-corrected chi connectivity index (χ2v) is 5.31. The third-order valence-corrected chi connectivity index (χ3v) is 4.00. The van der Waals surface area contributed by atoms with Crippen LogP contribution in [0.5, 0.6) is 5.75 Å². The number of benzene rings is 1. The van der Waals surface area contributed by atoms with E-state index >= 15 is 0 Å². The number of piperazine rings is 1. The minimum atomic E-state index is -0.199. The van der Waals surface area contributed by atoms with E-state index in [4.69, 9.17) is 4.74 Å². The summed E-state index contributed by atoms with van der Waals surface area (Å²) < 4.78 is 19.7. The first-order valence-corrected chi connectivity index (χ1v) is 7.55. The smallest absolute Gasteiger partial charge is 0.169 e. The van der Waals surface area contributed by atoms with Gasteiger partial charge in [-0.15, -0.1) is 24.8 Å². The van der Waals surface area contributed by atoms with Crippen LogP contribution < -0.4 is 10.1 Å². The van der Waals surface area contributed by atoms with Gasteiger partial charge in [0, 0.05) is 37.8 Å². The highest BCUT2D eigenvalue weighted by Gasteiger charge is 2.25. The number of halogens is 3. The van der Waals surface area contributed by atoms with Crippen molar-refractivity contribution in [1.29, 1.82) is 0 Å². The molecule has 1 N–H and O–H groups in total. The van der Waals surface area contributed by atoms with Gasteiger partial charge in [0.25, 0.3) is 0 Å². The summed E-state index contributed by atoms with van der Waals surface area (Å²) in [6.45, 7) is 6.09. The van der Waals surface area contributed by atoms with Crippen molar-refractivity contribution in [2.45, 2.75) is 32.2 Å². The van der Waals surface area contributed by atoms with Crippen LogP contribution in [-0.2, 0) is 0 Å². The first kappa shape index (κ1) is 21.4. The molecule has 1 heterocycles. The quantitative estimate of drug-likeness (QED) is 0.842. The molecule has 0 radical (unpaired) electrons. The van der Waals surface area contributed by atoms with Crippen molar-refractivity contribution in [2.24, 2.45) is 0 Å². The summed E-state index contributed by atoms with van der Waals surface area (Å²) in [5.74, 6) is 0.147. The Morgan fingerprint density at radius 1 is 1.27 bits per heavy atom. The fourth-order valence-corrected chi connectivity index (χ4v) is 2.87. The topological polar surface area (TPSA) is 24.5 Å². The van der Waals surface area contributed by atoms with Gasteiger partial charge in [0.1, 0.15) is 0 Å². The first-order chi connectivity index (χ1) is 9.77. The van der Waals surface area contributed by atoms with Crippen LogP contribution in [0.15, 0.2) is 18.2 Å². The van der Waals surface area contributed by atoms with Crippen LogP contribution in [-0.4, -0.2) is 38.2 Å². The second-order valence-electron chi connectivity index (χ2n) is 5.31. The van der Waals surface area contributed by atoms with Crippen molar-refractivity contribution in [3.8, 4) is 5.75 Å². The molecule has 22 heavy (non-hydrogen) atoms. The molecule has 1 atom stereocenters. The molecule has 0 spiro atoms. The van der Waals surface area contributed by atoms with Crippen molar-refractivity contribution in [3.63, 3.8) is 0 Å². The Morgan fingerprint density at radius 3 is 2.55 bits per heavy atom. The maximum Gasteiger partial charge on any atom is 0.169 e. The average Bonchev–Trinajstić information content (AvgIpc) is 2.50. The molecule has 0 bridgehead atoms. The molecule has 128 valence electrons. The van der Waals surface area contributed by atoms with Gasteiger partial charge in [-0.05, 0) is 12.5 Å². The number of methoxy groups -OCH3 is 1. The Labute approximate surface area is 145 Å². The number of hydrogen-bond acceptors (Lipinski definition) is 3. The molecule has 0 unspecified atom stereocenters. The fourth-order valence-electron chi connectivity index (χ4n) is 2.87. The monoisotopic (exact) mass is 352 g/mol. The zero-order valence-corrected chi connectivity index (χ0v) is 14.9. The van der Waals surface area contributed by atoms with Gasteiger partial charge in [-0.25, -0.2) is 4.39 Å². The molecule has 0 aromatic heterocycles.